The first-order valence-corrected chi connectivity index (χ1v) is 6.99. The third-order valence-electron chi connectivity index (χ3n) is 3.45. The van der Waals surface area contributed by atoms with Crippen LogP contribution in [0.2, 0.25) is 0 Å². The molecular weight excluding hydrogens is 272 g/mol. The zero-order valence-corrected chi connectivity index (χ0v) is 12.1. The van der Waals surface area contributed by atoms with Gasteiger partial charge in [-0.2, -0.15) is 0 Å². The highest BCUT2D eigenvalue weighted by Crippen LogP contribution is 2.16. The van der Waals surface area contributed by atoms with Gasteiger partial charge in [-0.15, -0.1) is 0 Å². The van der Waals surface area contributed by atoms with Crippen LogP contribution in [-0.2, 0) is 16.0 Å². The summed E-state index contributed by atoms with van der Waals surface area (Å²) in [7, 11) is 1.31. The Labute approximate surface area is 123 Å². The van der Waals surface area contributed by atoms with Gasteiger partial charge in [-0.05, 0) is 37.0 Å². The van der Waals surface area contributed by atoms with Gasteiger partial charge in [0.1, 0.15) is 11.8 Å². The Kier molecular flexibility index (Phi) is 5.16. The van der Waals surface area contributed by atoms with Gasteiger partial charge in [0.15, 0.2) is 0 Å². The van der Waals surface area contributed by atoms with Gasteiger partial charge in [-0.25, -0.2) is 4.79 Å². The van der Waals surface area contributed by atoms with Crippen molar-refractivity contribution in [3.8, 4) is 5.75 Å². The Morgan fingerprint density at radius 3 is 2.43 bits per heavy atom. The summed E-state index contributed by atoms with van der Waals surface area (Å²) in [6.45, 7) is 1.51. The number of hydrogen-bond donors (Lipinski definition) is 1. The van der Waals surface area contributed by atoms with Crippen LogP contribution in [0.3, 0.4) is 0 Å². The summed E-state index contributed by atoms with van der Waals surface area (Å²) in [6.07, 6.45) is 2.12. The number of esters is 1. The van der Waals surface area contributed by atoms with E-state index in [2.05, 4.69) is 4.74 Å². The molecule has 114 valence electrons. The number of likely N-dealkylation sites (tertiary alicyclic amines) is 1. The number of benzene rings is 1. The van der Waals surface area contributed by atoms with E-state index in [9.17, 15) is 9.59 Å². The predicted molar refractivity (Wildman–Crippen MR) is 77.0 cm³/mol. The average molecular weight is 292 g/mol. The molecule has 6 nitrogen and oxygen atoms in total. The fourth-order valence-corrected chi connectivity index (χ4v) is 2.25. The molecule has 1 amide bonds. The standard InChI is InChI=1S/C15H20N2O4/c1-20-14(18)13(16)10-11-4-6-12(7-5-11)21-15(19)17-8-2-3-9-17/h4-7,13H,2-3,8-10,16H2,1H3. The first-order valence-electron chi connectivity index (χ1n) is 6.99. The Balaban J connectivity index is 1.89. The lowest BCUT2D eigenvalue weighted by molar-refractivity contribution is -0.142. The monoisotopic (exact) mass is 292 g/mol. The van der Waals surface area contributed by atoms with Crippen LogP contribution in [0.5, 0.6) is 5.75 Å². The summed E-state index contributed by atoms with van der Waals surface area (Å²) in [6, 6.07) is 6.29. The first kappa shape index (κ1) is 15.3. The van der Waals surface area contributed by atoms with Gasteiger partial charge in [0, 0.05) is 13.1 Å². The largest absolute Gasteiger partial charge is 0.468 e. The van der Waals surface area contributed by atoms with Crippen molar-refractivity contribution < 1.29 is 19.1 Å². The normalized spacial score (nSPS) is 15.6. The van der Waals surface area contributed by atoms with Gasteiger partial charge in [-0.3, -0.25) is 4.79 Å². The Morgan fingerprint density at radius 1 is 1.24 bits per heavy atom. The van der Waals surface area contributed by atoms with Crippen molar-refractivity contribution in [3.63, 3.8) is 0 Å². The minimum atomic E-state index is -0.687. The first-order chi connectivity index (χ1) is 10.1. The van der Waals surface area contributed by atoms with E-state index >= 15 is 0 Å². The van der Waals surface area contributed by atoms with Gasteiger partial charge in [0.05, 0.1) is 7.11 Å². The lowest BCUT2D eigenvalue weighted by Gasteiger charge is -2.15. The minimum absolute atomic E-state index is 0.313. The van der Waals surface area contributed by atoms with Gasteiger partial charge in [0.25, 0.3) is 0 Å². The summed E-state index contributed by atoms with van der Waals surface area (Å²) in [5, 5.41) is 0. The van der Waals surface area contributed by atoms with Crippen LogP contribution in [0.25, 0.3) is 0 Å². The molecule has 1 unspecified atom stereocenters. The van der Waals surface area contributed by atoms with Crippen LogP contribution >= 0.6 is 0 Å². The molecule has 0 saturated carbocycles. The van der Waals surface area contributed by atoms with E-state index in [-0.39, 0.29) is 6.09 Å². The zero-order valence-electron chi connectivity index (χ0n) is 12.1. The number of nitrogens with two attached hydrogens (primary N) is 1. The van der Waals surface area contributed by atoms with E-state index in [1.165, 1.54) is 7.11 Å². The Hall–Kier alpha value is -2.08. The highest BCUT2D eigenvalue weighted by atomic mass is 16.6. The summed E-state index contributed by atoms with van der Waals surface area (Å²) in [5.74, 6) is 0.0434. The number of amides is 1. The van der Waals surface area contributed by atoms with Crippen LogP contribution in [-0.4, -0.2) is 43.2 Å². The Morgan fingerprint density at radius 2 is 1.86 bits per heavy atom. The average Bonchev–Trinajstić information content (AvgIpc) is 3.02. The topological polar surface area (TPSA) is 81.9 Å². The summed E-state index contributed by atoms with van der Waals surface area (Å²) in [5.41, 5.74) is 6.58. The fourth-order valence-electron chi connectivity index (χ4n) is 2.25. The molecule has 1 heterocycles. The number of ether oxygens (including phenoxy) is 2. The SMILES string of the molecule is COC(=O)C(N)Cc1ccc(OC(=O)N2CCCC2)cc1. The molecule has 0 bridgehead atoms. The van der Waals surface area contributed by atoms with E-state index in [0.717, 1.165) is 31.5 Å². The van der Waals surface area contributed by atoms with Gasteiger partial charge in [-0.1, -0.05) is 12.1 Å². The van der Waals surface area contributed by atoms with Crippen molar-refractivity contribution in [2.24, 2.45) is 5.73 Å². The molecule has 6 heteroatoms. The van der Waals surface area contributed by atoms with Crippen molar-refractivity contribution in [2.75, 3.05) is 20.2 Å². The molecule has 2 N–H and O–H groups in total. The fraction of sp³-hybridized carbons (Fsp3) is 0.467. The number of methoxy groups -OCH3 is 1. The van der Waals surface area contributed by atoms with Crippen LogP contribution in [0.4, 0.5) is 4.79 Å². The van der Waals surface area contributed by atoms with Gasteiger partial charge in [0.2, 0.25) is 0 Å². The molecule has 21 heavy (non-hydrogen) atoms. The third kappa shape index (κ3) is 4.19. The van der Waals surface area contributed by atoms with E-state index in [4.69, 9.17) is 10.5 Å². The number of hydrogen-bond acceptors (Lipinski definition) is 5. The molecular formula is C15H20N2O4. The second kappa shape index (κ2) is 7.08. The van der Waals surface area contributed by atoms with Crippen molar-refractivity contribution >= 4 is 12.1 Å². The van der Waals surface area contributed by atoms with Crippen molar-refractivity contribution in [3.05, 3.63) is 29.8 Å². The molecule has 1 aromatic carbocycles. The van der Waals surface area contributed by atoms with Crippen molar-refractivity contribution in [1.29, 1.82) is 0 Å². The molecule has 2 rings (SSSR count). The van der Waals surface area contributed by atoms with Gasteiger partial charge < -0.3 is 20.1 Å². The highest BCUT2D eigenvalue weighted by molar-refractivity contribution is 5.75. The van der Waals surface area contributed by atoms with Crippen LogP contribution in [0.1, 0.15) is 18.4 Å². The quantitative estimate of drug-likeness (QED) is 0.846. The molecule has 1 fully saturated rings. The maximum atomic E-state index is 11.8. The van der Waals surface area contributed by atoms with E-state index < -0.39 is 12.0 Å². The second-order valence-corrected chi connectivity index (χ2v) is 5.04. The van der Waals surface area contributed by atoms with Crippen molar-refractivity contribution in [1.82, 2.24) is 4.90 Å². The molecule has 0 radical (unpaired) electrons. The third-order valence-corrected chi connectivity index (χ3v) is 3.45. The maximum absolute atomic E-state index is 11.8. The molecule has 0 aromatic heterocycles. The van der Waals surface area contributed by atoms with Crippen LogP contribution in [0, 0.1) is 0 Å². The molecule has 1 aliphatic heterocycles. The summed E-state index contributed by atoms with van der Waals surface area (Å²) in [4.78, 5) is 24.8. The maximum Gasteiger partial charge on any atom is 0.415 e. The lowest BCUT2D eigenvalue weighted by Crippen LogP contribution is -2.33. The highest BCUT2D eigenvalue weighted by Gasteiger charge is 2.20. The van der Waals surface area contributed by atoms with Crippen LogP contribution in [0.15, 0.2) is 24.3 Å². The van der Waals surface area contributed by atoms with E-state index in [0.29, 0.717) is 12.2 Å². The molecule has 1 saturated heterocycles. The number of carbonyl (C=O) groups excluding carboxylic acids is 2. The molecule has 0 spiro atoms. The molecule has 0 aliphatic carbocycles. The molecule has 1 atom stereocenters. The number of rotatable bonds is 4. The number of nitrogens with zero attached hydrogens (tertiary/aromatic N) is 1. The number of carbonyl (C=O) groups is 2. The van der Waals surface area contributed by atoms with Crippen LogP contribution < -0.4 is 10.5 Å². The smallest absolute Gasteiger partial charge is 0.415 e. The predicted octanol–water partition coefficient (Wildman–Crippen LogP) is 1.32. The van der Waals surface area contributed by atoms with E-state index in [1.807, 2.05) is 0 Å². The zero-order chi connectivity index (χ0) is 15.2. The Bertz CT molecular complexity index is 495. The molecule has 1 aromatic rings. The van der Waals surface area contributed by atoms with E-state index in [1.54, 1.807) is 29.2 Å². The summed E-state index contributed by atoms with van der Waals surface area (Å²) >= 11 is 0. The lowest BCUT2D eigenvalue weighted by atomic mass is 10.1. The second-order valence-electron chi connectivity index (χ2n) is 5.04. The summed E-state index contributed by atoms with van der Waals surface area (Å²) < 4.78 is 9.87. The van der Waals surface area contributed by atoms with Crippen molar-refractivity contribution in [2.45, 2.75) is 25.3 Å². The molecule has 1 aliphatic rings. The minimum Gasteiger partial charge on any atom is -0.468 e. The van der Waals surface area contributed by atoms with Gasteiger partial charge >= 0.3 is 12.1 Å².